The zero-order chi connectivity index (χ0) is 14.5. The number of aromatic nitrogens is 2. The molecule has 3 rings (SSSR count). The van der Waals surface area contributed by atoms with Crippen LogP contribution in [0.3, 0.4) is 0 Å². The first-order valence-electron chi connectivity index (χ1n) is 7.63. The number of hydrogen-bond acceptors (Lipinski definition) is 4. The summed E-state index contributed by atoms with van der Waals surface area (Å²) < 4.78 is 0. The van der Waals surface area contributed by atoms with Gasteiger partial charge in [-0.15, -0.1) is 0 Å². The second-order valence-corrected chi connectivity index (χ2v) is 5.51. The molecule has 2 aromatic rings. The lowest BCUT2D eigenvalue weighted by Crippen LogP contribution is -2.33. The Morgan fingerprint density at radius 2 is 1.81 bits per heavy atom. The molecule has 1 heterocycles. The molecule has 3 N–H and O–H groups in total. The predicted molar refractivity (Wildman–Crippen MR) is 84.9 cm³/mol. The highest BCUT2D eigenvalue weighted by Crippen LogP contribution is 2.20. The summed E-state index contributed by atoms with van der Waals surface area (Å²) in [6, 6.07) is 8.15. The van der Waals surface area contributed by atoms with E-state index in [1.165, 1.54) is 25.7 Å². The van der Waals surface area contributed by atoms with Gasteiger partial charge in [-0.25, -0.2) is 10.8 Å². The van der Waals surface area contributed by atoms with E-state index >= 15 is 0 Å². The first-order valence-corrected chi connectivity index (χ1v) is 7.63. The number of hydrazine groups is 1. The molecule has 0 aliphatic heterocycles. The smallest absolute Gasteiger partial charge is 0.163 e. The van der Waals surface area contributed by atoms with Gasteiger partial charge in [-0.1, -0.05) is 37.8 Å². The molecule has 0 saturated heterocycles. The lowest BCUT2D eigenvalue weighted by molar-refractivity contribution is 0.583. The summed E-state index contributed by atoms with van der Waals surface area (Å²) in [7, 11) is 0. The van der Waals surface area contributed by atoms with Crippen LogP contribution >= 0.6 is 0 Å². The summed E-state index contributed by atoms with van der Waals surface area (Å²) in [5.74, 6) is 6.30. The van der Waals surface area contributed by atoms with E-state index in [-0.39, 0.29) is 0 Å². The Labute approximate surface area is 124 Å². The quantitative estimate of drug-likeness (QED) is 0.292. The van der Waals surface area contributed by atoms with Crippen molar-refractivity contribution >= 4 is 16.9 Å². The Hall–Kier alpha value is -2.01. The fourth-order valence-electron chi connectivity index (χ4n) is 2.82. The molecule has 0 radical (unpaired) electrons. The van der Waals surface area contributed by atoms with Crippen LogP contribution in [0.5, 0.6) is 0 Å². The minimum Gasteiger partial charge on any atom is -0.307 e. The number of rotatable bonds is 2. The van der Waals surface area contributed by atoms with E-state index in [2.05, 4.69) is 15.4 Å². The monoisotopic (exact) mass is 283 g/mol. The van der Waals surface area contributed by atoms with Gasteiger partial charge in [0.1, 0.15) is 5.69 Å². The molecule has 0 spiro atoms. The number of para-hydroxylation sites is 2. The standard InChI is InChI=1S/C16H21N5/c17-21-16(19-12-7-3-1-2-4-8-12)15-11-18-13-9-5-6-10-14(13)20-15/h5-6,9-12H,1-4,7-8,17H2,(H,19,21). The van der Waals surface area contributed by atoms with Crippen LogP contribution < -0.4 is 11.3 Å². The molecule has 1 aromatic heterocycles. The lowest BCUT2D eigenvalue weighted by atomic mass is 10.1. The lowest BCUT2D eigenvalue weighted by Gasteiger charge is -2.12. The minimum absolute atomic E-state index is 0.340. The van der Waals surface area contributed by atoms with Crippen LogP contribution in [0.25, 0.3) is 11.0 Å². The molecule has 0 atom stereocenters. The van der Waals surface area contributed by atoms with Crippen LogP contribution in [-0.2, 0) is 0 Å². The summed E-state index contributed by atoms with van der Waals surface area (Å²) >= 11 is 0. The van der Waals surface area contributed by atoms with Gasteiger partial charge in [0.05, 0.1) is 23.3 Å². The van der Waals surface area contributed by atoms with Crippen molar-refractivity contribution in [1.29, 1.82) is 0 Å². The molecular formula is C16H21N5. The number of benzene rings is 1. The number of nitrogens with one attached hydrogen (secondary N) is 1. The average molecular weight is 283 g/mol. The molecule has 0 unspecified atom stereocenters. The summed E-state index contributed by atoms with van der Waals surface area (Å²) in [6.45, 7) is 0. The van der Waals surface area contributed by atoms with Crippen LogP contribution in [0.2, 0.25) is 0 Å². The van der Waals surface area contributed by atoms with Gasteiger partial charge < -0.3 is 5.43 Å². The Morgan fingerprint density at radius 1 is 1.10 bits per heavy atom. The molecule has 110 valence electrons. The average Bonchev–Trinajstić information content (AvgIpc) is 2.81. The van der Waals surface area contributed by atoms with Crippen LogP contribution in [0, 0.1) is 0 Å². The third-order valence-corrected chi connectivity index (χ3v) is 3.96. The van der Waals surface area contributed by atoms with E-state index < -0.39 is 0 Å². The Bertz CT molecular complexity index is 629. The van der Waals surface area contributed by atoms with Crippen molar-refractivity contribution in [2.75, 3.05) is 0 Å². The number of fused-ring (bicyclic) bond motifs is 1. The minimum atomic E-state index is 0.340. The molecule has 0 bridgehead atoms. The van der Waals surface area contributed by atoms with Crippen LogP contribution in [-0.4, -0.2) is 21.8 Å². The second-order valence-electron chi connectivity index (χ2n) is 5.51. The number of aliphatic imine (C=N–C) groups is 1. The van der Waals surface area contributed by atoms with Crippen molar-refractivity contribution in [3.05, 3.63) is 36.2 Å². The van der Waals surface area contributed by atoms with Gasteiger partial charge in [0.2, 0.25) is 0 Å². The molecule has 1 aliphatic carbocycles. The summed E-state index contributed by atoms with van der Waals surface area (Å²) in [6.07, 6.45) is 9.11. The molecule has 1 saturated carbocycles. The molecule has 1 aliphatic rings. The predicted octanol–water partition coefficient (Wildman–Crippen LogP) is 2.56. The SMILES string of the molecule is NNC(=NC1CCCCCC1)c1cnc2ccccc2n1. The van der Waals surface area contributed by atoms with Gasteiger partial charge in [0, 0.05) is 0 Å². The normalized spacial score (nSPS) is 17.7. The van der Waals surface area contributed by atoms with Crippen molar-refractivity contribution < 1.29 is 0 Å². The zero-order valence-electron chi connectivity index (χ0n) is 12.1. The number of amidine groups is 1. The summed E-state index contributed by atoms with van der Waals surface area (Å²) in [5.41, 5.74) is 5.15. The third-order valence-electron chi connectivity index (χ3n) is 3.96. The van der Waals surface area contributed by atoms with E-state index in [0.29, 0.717) is 17.6 Å². The molecule has 5 heteroatoms. The number of nitrogens with two attached hydrogens (primary N) is 1. The molecular weight excluding hydrogens is 262 g/mol. The van der Waals surface area contributed by atoms with Gasteiger partial charge in [-0.3, -0.25) is 9.98 Å². The van der Waals surface area contributed by atoms with Crippen molar-refractivity contribution in [2.45, 2.75) is 44.6 Å². The maximum absolute atomic E-state index is 5.66. The van der Waals surface area contributed by atoms with Crippen LogP contribution in [0.15, 0.2) is 35.5 Å². The summed E-state index contributed by atoms with van der Waals surface area (Å²) in [4.78, 5) is 13.8. The van der Waals surface area contributed by atoms with E-state index in [9.17, 15) is 0 Å². The largest absolute Gasteiger partial charge is 0.307 e. The van der Waals surface area contributed by atoms with Crippen molar-refractivity contribution in [3.8, 4) is 0 Å². The van der Waals surface area contributed by atoms with Gasteiger partial charge in [0.25, 0.3) is 0 Å². The van der Waals surface area contributed by atoms with Gasteiger partial charge in [-0.2, -0.15) is 0 Å². The van der Waals surface area contributed by atoms with E-state index in [4.69, 9.17) is 10.8 Å². The highest BCUT2D eigenvalue weighted by atomic mass is 15.3. The highest BCUT2D eigenvalue weighted by Gasteiger charge is 2.13. The molecule has 21 heavy (non-hydrogen) atoms. The third kappa shape index (κ3) is 3.36. The molecule has 1 fully saturated rings. The fourth-order valence-corrected chi connectivity index (χ4v) is 2.82. The molecule has 0 amide bonds. The Balaban J connectivity index is 1.89. The van der Waals surface area contributed by atoms with Gasteiger partial charge in [0.15, 0.2) is 5.84 Å². The fraction of sp³-hybridized carbons (Fsp3) is 0.438. The van der Waals surface area contributed by atoms with E-state index in [1.807, 2.05) is 24.3 Å². The highest BCUT2D eigenvalue weighted by molar-refractivity contribution is 5.97. The van der Waals surface area contributed by atoms with Gasteiger partial charge in [-0.05, 0) is 25.0 Å². The van der Waals surface area contributed by atoms with Crippen LogP contribution in [0.4, 0.5) is 0 Å². The maximum Gasteiger partial charge on any atom is 0.163 e. The van der Waals surface area contributed by atoms with Crippen molar-refractivity contribution in [2.24, 2.45) is 10.8 Å². The van der Waals surface area contributed by atoms with Crippen molar-refractivity contribution in [3.63, 3.8) is 0 Å². The summed E-state index contributed by atoms with van der Waals surface area (Å²) in [5, 5.41) is 0. The number of nitrogens with zero attached hydrogens (tertiary/aromatic N) is 3. The first kappa shape index (κ1) is 13.9. The van der Waals surface area contributed by atoms with Crippen LogP contribution in [0.1, 0.15) is 44.2 Å². The maximum atomic E-state index is 5.66. The van der Waals surface area contributed by atoms with Crippen molar-refractivity contribution in [1.82, 2.24) is 15.4 Å². The topological polar surface area (TPSA) is 76.2 Å². The Kier molecular flexibility index (Phi) is 4.40. The Morgan fingerprint density at radius 3 is 2.52 bits per heavy atom. The first-order chi connectivity index (χ1) is 10.4. The number of hydrogen-bond donors (Lipinski definition) is 2. The van der Waals surface area contributed by atoms with E-state index in [0.717, 1.165) is 23.9 Å². The second kappa shape index (κ2) is 6.63. The zero-order valence-corrected chi connectivity index (χ0v) is 12.1. The van der Waals surface area contributed by atoms with E-state index in [1.54, 1.807) is 6.20 Å². The van der Waals surface area contributed by atoms with Gasteiger partial charge >= 0.3 is 0 Å². The molecule has 1 aromatic carbocycles. The molecule has 5 nitrogen and oxygen atoms in total.